The molecule has 0 radical (unpaired) electrons. The number of hydrogen-bond donors (Lipinski definition) is 2. The van der Waals surface area contributed by atoms with Gasteiger partial charge >= 0.3 is 5.97 Å². The highest BCUT2D eigenvalue weighted by atomic mass is 16.4. The van der Waals surface area contributed by atoms with Crippen LogP contribution in [0.3, 0.4) is 0 Å². The second-order valence-electron chi connectivity index (χ2n) is 5.08. The normalized spacial score (nSPS) is 10.7. The number of carboxylic acids is 1. The first-order chi connectivity index (χ1) is 9.11. The van der Waals surface area contributed by atoms with Crippen molar-refractivity contribution in [3.05, 3.63) is 18.1 Å². The number of nitrogens with zero attached hydrogens (tertiary/aromatic N) is 2. The minimum atomic E-state index is -1.05. The van der Waals surface area contributed by atoms with Gasteiger partial charge in [0.1, 0.15) is 0 Å². The molecule has 0 aliphatic rings. The Morgan fingerprint density at radius 2 is 1.89 bits per heavy atom. The zero-order valence-electron chi connectivity index (χ0n) is 11.7. The predicted molar refractivity (Wildman–Crippen MR) is 75.4 cm³/mol. The van der Waals surface area contributed by atoms with E-state index in [2.05, 4.69) is 29.1 Å². The van der Waals surface area contributed by atoms with Crippen molar-refractivity contribution in [2.45, 2.75) is 46.0 Å². The van der Waals surface area contributed by atoms with Crippen LogP contribution in [0.4, 0.5) is 5.82 Å². The number of carbonyl (C=O) groups is 1. The van der Waals surface area contributed by atoms with E-state index in [9.17, 15) is 4.79 Å². The number of hydrogen-bond acceptors (Lipinski definition) is 4. The van der Waals surface area contributed by atoms with Gasteiger partial charge in [0.2, 0.25) is 0 Å². The Morgan fingerprint density at radius 3 is 2.58 bits per heavy atom. The SMILES string of the molecule is CC(C)CCCCCCNc1nccnc1C(=O)O. The monoisotopic (exact) mass is 265 g/mol. The molecule has 106 valence electrons. The van der Waals surface area contributed by atoms with E-state index in [1.54, 1.807) is 0 Å². The summed E-state index contributed by atoms with van der Waals surface area (Å²) in [5.41, 5.74) is -0.0118. The van der Waals surface area contributed by atoms with Crippen LogP contribution in [0.15, 0.2) is 12.4 Å². The molecule has 1 aromatic heterocycles. The molecular formula is C14H23N3O2. The van der Waals surface area contributed by atoms with E-state index in [0.29, 0.717) is 5.82 Å². The largest absolute Gasteiger partial charge is 0.476 e. The van der Waals surface area contributed by atoms with Crippen molar-refractivity contribution in [1.29, 1.82) is 0 Å². The molecule has 5 heteroatoms. The highest BCUT2D eigenvalue weighted by Crippen LogP contribution is 2.11. The number of aromatic carboxylic acids is 1. The van der Waals surface area contributed by atoms with Crippen LogP contribution in [-0.2, 0) is 0 Å². The van der Waals surface area contributed by atoms with Gasteiger partial charge in [0.25, 0.3) is 0 Å². The van der Waals surface area contributed by atoms with Crippen LogP contribution in [0.5, 0.6) is 0 Å². The van der Waals surface area contributed by atoms with Crippen LogP contribution in [0.25, 0.3) is 0 Å². The van der Waals surface area contributed by atoms with E-state index in [4.69, 9.17) is 5.11 Å². The topological polar surface area (TPSA) is 75.1 Å². The minimum Gasteiger partial charge on any atom is -0.476 e. The minimum absolute atomic E-state index is 0.0118. The Kier molecular flexibility index (Phi) is 6.85. The highest BCUT2D eigenvalue weighted by molar-refractivity contribution is 5.90. The van der Waals surface area contributed by atoms with E-state index in [1.807, 2.05) is 0 Å². The maximum absolute atomic E-state index is 10.9. The number of aromatic nitrogens is 2. The molecule has 0 aliphatic carbocycles. The molecule has 0 aliphatic heterocycles. The third kappa shape index (κ3) is 6.18. The molecule has 5 nitrogen and oxygen atoms in total. The maximum Gasteiger partial charge on any atom is 0.358 e. The molecule has 0 amide bonds. The zero-order valence-corrected chi connectivity index (χ0v) is 11.7. The van der Waals surface area contributed by atoms with Gasteiger partial charge in [0.15, 0.2) is 11.5 Å². The summed E-state index contributed by atoms with van der Waals surface area (Å²) < 4.78 is 0. The Labute approximate surface area is 114 Å². The number of anilines is 1. The fraction of sp³-hybridized carbons (Fsp3) is 0.643. The highest BCUT2D eigenvalue weighted by Gasteiger charge is 2.11. The van der Waals surface area contributed by atoms with Crippen molar-refractivity contribution in [1.82, 2.24) is 9.97 Å². The fourth-order valence-corrected chi connectivity index (χ4v) is 1.86. The zero-order chi connectivity index (χ0) is 14.1. The number of rotatable bonds is 9. The first-order valence-corrected chi connectivity index (χ1v) is 6.89. The summed E-state index contributed by atoms with van der Waals surface area (Å²) in [6, 6.07) is 0. The van der Waals surface area contributed by atoms with Gasteiger partial charge in [0.05, 0.1) is 0 Å². The number of nitrogens with one attached hydrogen (secondary N) is 1. The van der Waals surface area contributed by atoms with Crippen LogP contribution in [0, 0.1) is 5.92 Å². The van der Waals surface area contributed by atoms with Crippen LogP contribution in [0.1, 0.15) is 56.4 Å². The standard InChI is InChI=1S/C14H23N3O2/c1-11(2)7-5-3-4-6-8-16-13-12(14(18)19)15-9-10-17-13/h9-11H,3-8H2,1-2H3,(H,16,17)(H,18,19). The van der Waals surface area contributed by atoms with Crippen molar-refractivity contribution in [2.75, 3.05) is 11.9 Å². The summed E-state index contributed by atoms with van der Waals surface area (Å²) in [4.78, 5) is 18.7. The fourth-order valence-electron chi connectivity index (χ4n) is 1.86. The van der Waals surface area contributed by atoms with Gasteiger partial charge in [-0.3, -0.25) is 0 Å². The quantitative estimate of drug-likeness (QED) is 0.671. The third-order valence-corrected chi connectivity index (χ3v) is 2.90. The third-order valence-electron chi connectivity index (χ3n) is 2.90. The second kappa shape index (κ2) is 8.45. The molecule has 0 saturated carbocycles. The Hall–Kier alpha value is -1.65. The van der Waals surface area contributed by atoms with E-state index in [1.165, 1.54) is 31.7 Å². The molecule has 0 bridgehead atoms. The molecule has 1 rings (SSSR count). The van der Waals surface area contributed by atoms with Gasteiger partial charge in [-0.25, -0.2) is 14.8 Å². The van der Waals surface area contributed by atoms with Gasteiger partial charge in [-0.2, -0.15) is 0 Å². The van der Waals surface area contributed by atoms with Gasteiger partial charge < -0.3 is 10.4 Å². The lowest BCUT2D eigenvalue weighted by molar-refractivity contribution is 0.0691. The summed E-state index contributed by atoms with van der Waals surface area (Å²) >= 11 is 0. The molecule has 2 N–H and O–H groups in total. The lowest BCUT2D eigenvalue weighted by Gasteiger charge is -2.07. The van der Waals surface area contributed by atoms with Gasteiger partial charge in [-0.15, -0.1) is 0 Å². The Morgan fingerprint density at radius 1 is 1.21 bits per heavy atom. The van der Waals surface area contributed by atoms with Crippen molar-refractivity contribution in [3.63, 3.8) is 0 Å². The van der Waals surface area contributed by atoms with Crippen LogP contribution >= 0.6 is 0 Å². The summed E-state index contributed by atoms with van der Waals surface area (Å²) in [5, 5.41) is 12.0. The predicted octanol–water partition coefficient (Wildman–Crippen LogP) is 3.19. The molecule has 0 aromatic carbocycles. The Balaban J connectivity index is 2.21. The van der Waals surface area contributed by atoms with E-state index >= 15 is 0 Å². The first-order valence-electron chi connectivity index (χ1n) is 6.89. The molecule has 0 unspecified atom stereocenters. The maximum atomic E-state index is 10.9. The molecule has 19 heavy (non-hydrogen) atoms. The molecule has 0 atom stereocenters. The van der Waals surface area contributed by atoms with Crippen molar-refractivity contribution >= 4 is 11.8 Å². The van der Waals surface area contributed by atoms with Gasteiger partial charge in [0, 0.05) is 18.9 Å². The Bertz CT molecular complexity index is 394. The average molecular weight is 265 g/mol. The van der Waals surface area contributed by atoms with Crippen molar-refractivity contribution in [2.24, 2.45) is 5.92 Å². The number of unbranched alkanes of at least 4 members (excludes halogenated alkanes) is 3. The summed E-state index contributed by atoms with van der Waals surface area (Å²) in [7, 11) is 0. The van der Waals surface area contributed by atoms with Gasteiger partial charge in [-0.05, 0) is 12.3 Å². The smallest absolute Gasteiger partial charge is 0.358 e. The molecule has 1 heterocycles. The van der Waals surface area contributed by atoms with Crippen LogP contribution < -0.4 is 5.32 Å². The molecule has 0 fully saturated rings. The summed E-state index contributed by atoms with van der Waals surface area (Å²) in [6.45, 7) is 5.22. The lowest BCUT2D eigenvalue weighted by atomic mass is 10.0. The molecule has 0 saturated heterocycles. The molecule has 0 spiro atoms. The van der Waals surface area contributed by atoms with Crippen molar-refractivity contribution in [3.8, 4) is 0 Å². The molecule has 1 aromatic rings. The first kappa shape index (κ1) is 15.4. The lowest BCUT2D eigenvalue weighted by Crippen LogP contribution is -2.11. The number of carboxylic acid groups (broad SMARTS) is 1. The van der Waals surface area contributed by atoms with E-state index in [-0.39, 0.29) is 5.69 Å². The van der Waals surface area contributed by atoms with Crippen LogP contribution in [0.2, 0.25) is 0 Å². The average Bonchev–Trinajstić information content (AvgIpc) is 2.37. The van der Waals surface area contributed by atoms with E-state index < -0.39 is 5.97 Å². The second-order valence-corrected chi connectivity index (χ2v) is 5.08. The van der Waals surface area contributed by atoms with Crippen LogP contribution in [-0.4, -0.2) is 27.6 Å². The summed E-state index contributed by atoms with van der Waals surface area (Å²) in [5.74, 6) is 0.0838. The van der Waals surface area contributed by atoms with E-state index in [0.717, 1.165) is 25.3 Å². The molecular weight excluding hydrogens is 242 g/mol. The summed E-state index contributed by atoms with van der Waals surface area (Å²) in [6.07, 6.45) is 8.84. The van der Waals surface area contributed by atoms with Crippen molar-refractivity contribution < 1.29 is 9.90 Å². The van der Waals surface area contributed by atoms with Gasteiger partial charge in [-0.1, -0.05) is 39.5 Å².